The maximum atomic E-state index is 12.4. The third-order valence-electron chi connectivity index (χ3n) is 5.47. The van der Waals surface area contributed by atoms with E-state index in [0.29, 0.717) is 17.6 Å². The van der Waals surface area contributed by atoms with Crippen LogP contribution >= 0.6 is 0 Å². The van der Waals surface area contributed by atoms with Crippen LogP contribution in [0, 0.1) is 0 Å². The molecule has 1 fully saturated rings. The summed E-state index contributed by atoms with van der Waals surface area (Å²) < 4.78 is 5.13. The van der Waals surface area contributed by atoms with Crippen molar-refractivity contribution in [2.24, 2.45) is 0 Å². The first-order chi connectivity index (χ1) is 13.6. The standard InChI is InChI=1S/C23H31N3O2/c1-4-17(2)24-20-13-15-26(16-14-20)21-9-7-19(8-10-21)25-23(27)18-5-11-22(28-3)12-6-18/h5-12,17,20,24H,4,13-16H2,1-3H3,(H,25,27)/t17-/m0/s1. The molecule has 0 aliphatic carbocycles. The first-order valence-electron chi connectivity index (χ1n) is 10.2. The normalized spacial score (nSPS) is 15.9. The summed E-state index contributed by atoms with van der Waals surface area (Å²) in [7, 11) is 1.61. The van der Waals surface area contributed by atoms with Gasteiger partial charge in [-0.1, -0.05) is 6.92 Å². The first-order valence-corrected chi connectivity index (χ1v) is 10.2. The zero-order valence-corrected chi connectivity index (χ0v) is 17.1. The van der Waals surface area contributed by atoms with Gasteiger partial charge in [-0.3, -0.25) is 4.79 Å². The Morgan fingerprint density at radius 2 is 1.75 bits per heavy atom. The number of anilines is 2. The van der Waals surface area contributed by atoms with E-state index in [1.807, 2.05) is 12.1 Å². The van der Waals surface area contributed by atoms with Gasteiger partial charge in [0, 0.05) is 42.1 Å². The third kappa shape index (κ3) is 5.26. The van der Waals surface area contributed by atoms with Gasteiger partial charge in [0.1, 0.15) is 5.75 Å². The van der Waals surface area contributed by atoms with Crippen molar-refractivity contribution < 1.29 is 9.53 Å². The molecule has 0 unspecified atom stereocenters. The molecule has 2 aromatic rings. The Labute approximate surface area is 168 Å². The molecule has 1 aliphatic heterocycles. The van der Waals surface area contributed by atoms with Gasteiger partial charge in [-0.25, -0.2) is 0 Å². The molecule has 1 atom stereocenters. The first kappa shape index (κ1) is 20.2. The zero-order valence-electron chi connectivity index (χ0n) is 17.1. The van der Waals surface area contributed by atoms with Gasteiger partial charge in [-0.15, -0.1) is 0 Å². The summed E-state index contributed by atoms with van der Waals surface area (Å²) in [4.78, 5) is 14.8. The molecule has 5 nitrogen and oxygen atoms in total. The number of piperidine rings is 1. The molecule has 1 heterocycles. The van der Waals surface area contributed by atoms with E-state index in [2.05, 4.69) is 41.5 Å². The highest BCUT2D eigenvalue weighted by Gasteiger charge is 2.20. The molecule has 0 radical (unpaired) electrons. The van der Waals surface area contributed by atoms with Crippen LogP contribution in [0.2, 0.25) is 0 Å². The van der Waals surface area contributed by atoms with Crippen LogP contribution in [0.1, 0.15) is 43.5 Å². The number of hydrogen-bond donors (Lipinski definition) is 2. The van der Waals surface area contributed by atoms with Crippen LogP contribution in [0.15, 0.2) is 48.5 Å². The average Bonchev–Trinajstić information content (AvgIpc) is 2.75. The Morgan fingerprint density at radius 1 is 1.11 bits per heavy atom. The van der Waals surface area contributed by atoms with Gasteiger partial charge in [-0.05, 0) is 74.7 Å². The second kappa shape index (κ2) is 9.60. The van der Waals surface area contributed by atoms with E-state index in [0.717, 1.165) is 24.5 Å². The summed E-state index contributed by atoms with van der Waals surface area (Å²) in [6.07, 6.45) is 3.50. The van der Waals surface area contributed by atoms with E-state index in [1.54, 1.807) is 31.4 Å². The van der Waals surface area contributed by atoms with Crippen molar-refractivity contribution in [2.45, 2.75) is 45.2 Å². The molecule has 150 valence electrons. The van der Waals surface area contributed by atoms with Crippen LogP contribution in [0.4, 0.5) is 11.4 Å². The Hall–Kier alpha value is -2.53. The summed E-state index contributed by atoms with van der Waals surface area (Å²) in [5.74, 6) is 0.622. The van der Waals surface area contributed by atoms with Crippen molar-refractivity contribution >= 4 is 17.3 Å². The van der Waals surface area contributed by atoms with Crippen LogP contribution in [-0.4, -0.2) is 38.2 Å². The van der Waals surface area contributed by atoms with E-state index in [9.17, 15) is 4.79 Å². The van der Waals surface area contributed by atoms with E-state index < -0.39 is 0 Å². The Balaban J connectivity index is 1.53. The number of benzene rings is 2. The van der Waals surface area contributed by atoms with E-state index in [-0.39, 0.29) is 5.91 Å². The molecule has 2 aromatic carbocycles. The fourth-order valence-corrected chi connectivity index (χ4v) is 3.53. The Kier molecular flexibility index (Phi) is 6.93. The lowest BCUT2D eigenvalue weighted by atomic mass is 10.0. The molecule has 3 rings (SSSR count). The quantitative estimate of drug-likeness (QED) is 0.751. The van der Waals surface area contributed by atoms with Crippen LogP contribution in [0.25, 0.3) is 0 Å². The lowest BCUT2D eigenvalue weighted by Gasteiger charge is -2.35. The zero-order chi connectivity index (χ0) is 19.9. The number of nitrogens with zero attached hydrogens (tertiary/aromatic N) is 1. The van der Waals surface area contributed by atoms with Crippen LogP contribution < -0.4 is 20.3 Å². The molecule has 5 heteroatoms. The fraction of sp³-hybridized carbons (Fsp3) is 0.435. The predicted molar refractivity (Wildman–Crippen MR) is 116 cm³/mol. The molecule has 1 saturated heterocycles. The smallest absolute Gasteiger partial charge is 0.255 e. The summed E-state index contributed by atoms with van der Waals surface area (Å²) >= 11 is 0. The average molecular weight is 382 g/mol. The van der Waals surface area contributed by atoms with E-state index in [4.69, 9.17) is 4.74 Å². The predicted octanol–water partition coefficient (Wildman–Crippen LogP) is 4.30. The molecule has 1 amide bonds. The molecule has 0 aromatic heterocycles. The third-order valence-corrected chi connectivity index (χ3v) is 5.47. The molecule has 0 bridgehead atoms. The van der Waals surface area contributed by atoms with Gasteiger partial charge in [0.2, 0.25) is 0 Å². The van der Waals surface area contributed by atoms with Gasteiger partial charge in [0.05, 0.1) is 7.11 Å². The maximum Gasteiger partial charge on any atom is 0.255 e. The minimum atomic E-state index is -0.118. The monoisotopic (exact) mass is 381 g/mol. The molecule has 28 heavy (non-hydrogen) atoms. The van der Waals surface area contributed by atoms with Crippen molar-refractivity contribution in [1.82, 2.24) is 5.32 Å². The molecule has 0 saturated carbocycles. The summed E-state index contributed by atoms with van der Waals surface area (Å²) in [5, 5.41) is 6.66. The molecular weight excluding hydrogens is 350 g/mol. The lowest BCUT2D eigenvalue weighted by molar-refractivity contribution is 0.102. The summed E-state index contributed by atoms with van der Waals surface area (Å²) in [6, 6.07) is 16.4. The molecule has 2 N–H and O–H groups in total. The number of ether oxygens (including phenoxy) is 1. The highest BCUT2D eigenvalue weighted by molar-refractivity contribution is 6.04. The number of nitrogens with one attached hydrogen (secondary N) is 2. The molecule has 1 aliphatic rings. The Morgan fingerprint density at radius 3 is 2.32 bits per heavy atom. The number of rotatable bonds is 7. The van der Waals surface area contributed by atoms with E-state index in [1.165, 1.54) is 24.9 Å². The van der Waals surface area contributed by atoms with Crippen molar-refractivity contribution in [3.8, 4) is 5.75 Å². The highest BCUT2D eigenvalue weighted by atomic mass is 16.5. The number of hydrogen-bond acceptors (Lipinski definition) is 4. The van der Waals surface area contributed by atoms with Crippen molar-refractivity contribution in [3.63, 3.8) is 0 Å². The van der Waals surface area contributed by atoms with E-state index >= 15 is 0 Å². The van der Waals surface area contributed by atoms with Crippen LogP contribution in [0.5, 0.6) is 5.75 Å². The Bertz CT molecular complexity index is 750. The fourth-order valence-electron chi connectivity index (χ4n) is 3.53. The van der Waals surface area contributed by atoms with Gasteiger partial charge >= 0.3 is 0 Å². The molecular formula is C23H31N3O2. The summed E-state index contributed by atoms with van der Waals surface area (Å²) in [6.45, 7) is 6.60. The number of methoxy groups -OCH3 is 1. The van der Waals surface area contributed by atoms with Crippen molar-refractivity contribution in [3.05, 3.63) is 54.1 Å². The topological polar surface area (TPSA) is 53.6 Å². The van der Waals surface area contributed by atoms with Gasteiger partial charge < -0.3 is 20.3 Å². The number of amides is 1. The van der Waals surface area contributed by atoms with Crippen LogP contribution in [-0.2, 0) is 0 Å². The number of carbonyl (C=O) groups is 1. The van der Waals surface area contributed by atoms with Gasteiger partial charge in [0.25, 0.3) is 5.91 Å². The van der Waals surface area contributed by atoms with Gasteiger partial charge in [0.15, 0.2) is 0 Å². The van der Waals surface area contributed by atoms with Crippen molar-refractivity contribution in [2.75, 3.05) is 30.4 Å². The lowest BCUT2D eigenvalue weighted by Crippen LogP contribution is -2.45. The minimum absolute atomic E-state index is 0.118. The highest BCUT2D eigenvalue weighted by Crippen LogP contribution is 2.23. The second-order valence-corrected chi connectivity index (χ2v) is 7.47. The number of carbonyl (C=O) groups excluding carboxylic acids is 1. The van der Waals surface area contributed by atoms with Crippen molar-refractivity contribution in [1.29, 1.82) is 0 Å². The van der Waals surface area contributed by atoms with Gasteiger partial charge in [-0.2, -0.15) is 0 Å². The minimum Gasteiger partial charge on any atom is -0.497 e. The van der Waals surface area contributed by atoms with Crippen LogP contribution in [0.3, 0.4) is 0 Å². The molecule has 0 spiro atoms. The largest absolute Gasteiger partial charge is 0.497 e. The maximum absolute atomic E-state index is 12.4. The SMILES string of the molecule is CC[C@H](C)NC1CCN(c2ccc(NC(=O)c3ccc(OC)cc3)cc2)CC1. The second-order valence-electron chi connectivity index (χ2n) is 7.47. The summed E-state index contributed by atoms with van der Waals surface area (Å²) in [5.41, 5.74) is 2.63.